The summed E-state index contributed by atoms with van der Waals surface area (Å²) in [6.45, 7) is 10.1. The molecule has 3 heteroatoms. The molecule has 0 aliphatic rings. The van der Waals surface area contributed by atoms with Crippen molar-refractivity contribution in [1.29, 1.82) is 0 Å². The number of nitrogens with two attached hydrogens (primary N) is 1. The number of nitrogens with one attached hydrogen (secondary N) is 1. The van der Waals surface area contributed by atoms with Crippen LogP contribution in [0.2, 0.25) is 0 Å². The van der Waals surface area contributed by atoms with Crippen LogP contribution in [-0.2, 0) is 6.42 Å². The number of rotatable bonds is 6. The summed E-state index contributed by atoms with van der Waals surface area (Å²) in [7, 11) is 0. The van der Waals surface area contributed by atoms with E-state index >= 15 is 0 Å². The van der Waals surface area contributed by atoms with E-state index in [0.29, 0.717) is 17.3 Å². The molecular weight excluding hydrogens is 222 g/mol. The normalized spacial score (nSPS) is 13.6. The van der Waals surface area contributed by atoms with Crippen LogP contribution in [0.25, 0.3) is 0 Å². The van der Waals surface area contributed by atoms with Gasteiger partial charge in [0, 0.05) is 12.2 Å². The molecule has 3 nitrogen and oxygen atoms in total. The van der Waals surface area contributed by atoms with Crippen molar-refractivity contribution in [3.8, 4) is 0 Å². The third kappa shape index (κ3) is 6.01. The number of hydrogen-bond acceptors (Lipinski definition) is 3. The van der Waals surface area contributed by atoms with Crippen LogP contribution >= 0.6 is 0 Å². The molecule has 1 heterocycles. The van der Waals surface area contributed by atoms with E-state index in [4.69, 9.17) is 5.73 Å². The van der Waals surface area contributed by atoms with E-state index in [1.54, 1.807) is 6.20 Å². The number of hydrogen-bond donors (Lipinski definition) is 2. The summed E-state index contributed by atoms with van der Waals surface area (Å²) < 4.78 is 0. The summed E-state index contributed by atoms with van der Waals surface area (Å²) in [5.41, 5.74) is 7.33. The molecule has 0 spiro atoms. The molecule has 1 aromatic heterocycles. The highest BCUT2D eigenvalue weighted by atomic mass is 14.9. The Balaban J connectivity index is 2.65. The number of pyridine rings is 1. The summed E-state index contributed by atoms with van der Waals surface area (Å²) in [5, 5.41) is 3.63. The van der Waals surface area contributed by atoms with E-state index in [2.05, 4.69) is 44.1 Å². The lowest BCUT2D eigenvalue weighted by molar-refractivity contribution is 0.306. The Hall–Kier alpha value is -1.09. The molecule has 0 aliphatic carbocycles. The van der Waals surface area contributed by atoms with Crippen molar-refractivity contribution >= 4 is 5.82 Å². The largest absolute Gasteiger partial charge is 0.384 e. The van der Waals surface area contributed by atoms with Crippen molar-refractivity contribution in [2.24, 2.45) is 5.41 Å². The molecule has 0 saturated carbocycles. The molecule has 1 aromatic rings. The minimum absolute atomic E-state index is 0.337. The smallest absolute Gasteiger partial charge is 0.123 e. The second kappa shape index (κ2) is 6.74. The summed E-state index contributed by atoms with van der Waals surface area (Å²) in [6.07, 6.45) is 5.14. The maximum Gasteiger partial charge on any atom is 0.123 e. The molecule has 102 valence electrons. The third-order valence-corrected chi connectivity index (χ3v) is 2.87. The molecule has 0 aliphatic heterocycles. The van der Waals surface area contributed by atoms with Gasteiger partial charge in [-0.3, -0.25) is 0 Å². The van der Waals surface area contributed by atoms with Gasteiger partial charge in [0.2, 0.25) is 0 Å². The molecule has 1 rings (SSSR count). The molecule has 1 unspecified atom stereocenters. The molecule has 0 amide bonds. The molecule has 0 fully saturated rings. The standard InChI is InChI=1S/C15H27N3/c1-5-7-17-13(11-15(2,3)4)9-12-6-8-18-14(16)10-12/h6,8,10,13,17H,5,7,9,11H2,1-4H3,(H2,16,18). The average Bonchev–Trinajstić information content (AvgIpc) is 2.24. The zero-order valence-electron chi connectivity index (χ0n) is 12.2. The lowest BCUT2D eigenvalue weighted by Crippen LogP contribution is -2.35. The molecule has 1 atom stereocenters. The summed E-state index contributed by atoms with van der Waals surface area (Å²) in [6, 6.07) is 4.54. The molecule has 0 aromatic carbocycles. The van der Waals surface area contributed by atoms with Gasteiger partial charge >= 0.3 is 0 Å². The maximum absolute atomic E-state index is 5.73. The Kier molecular flexibility index (Phi) is 5.60. The molecule has 0 bridgehead atoms. The second-order valence-electron chi connectivity index (χ2n) is 6.21. The van der Waals surface area contributed by atoms with Crippen molar-refractivity contribution in [3.05, 3.63) is 23.9 Å². The van der Waals surface area contributed by atoms with Crippen LogP contribution in [-0.4, -0.2) is 17.6 Å². The first kappa shape index (κ1) is 15.0. The fourth-order valence-electron chi connectivity index (χ4n) is 2.21. The highest BCUT2D eigenvalue weighted by Crippen LogP contribution is 2.22. The molecule has 0 saturated heterocycles. The van der Waals surface area contributed by atoms with Crippen LogP contribution in [0, 0.1) is 5.41 Å². The van der Waals surface area contributed by atoms with Gasteiger partial charge in [-0.05, 0) is 48.9 Å². The van der Waals surface area contributed by atoms with Crippen LogP contribution in [0.1, 0.15) is 46.1 Å². The Morgan fingerprint density at radius 1 is 1.39 bits per heavy atom. The van der Waals surface area contributed by atoms with Crippen LogP contribution < -0.4 is 11.1 Å². The van der Waals surface area contributed by atoms with Gasteiger partial charge in [0.15, 0.2) is 0 Å². The van der Waals surface area contributed by atoms with Crippen molar-refractivity contribution in [2.45, 2.75) is 53.0 Å². The third-order valence-electron chi connectivity index (χ3n) is 2.87. The minimum atomic E-state index is 0.337. The van der Waals surface area contributed by atoms with Gasteiger partial charge in [0.05, 0.1) is 0 Å². The first-order valence-electron chi connectivity index (χ1n) is 6.84. The van der Waals surface area contributed by atoms with Crippen LogP contribution in [0.15, 0.2) is 18.3 Å². The average molecular weight is 249 g/mol. The van der Waals surface area contributed by atoms with Crippen molar-refractivity contribution in [2.75, 3.05) is 12.3 Å². The van der Waals surface area contributed by atoms with Gasteiger partial charge in [-0.1, -0.05) is 27.7 Å². The quantitative estimate of drug-likeness (QED) is 0.815. The number of nitrogen functional groups attached to an aromatic ring is 1. The Morgan fingerprint density at radius 3 is 2.67 bits per heavy atom. The van der Waals surface area contributed by atoms with E-state index in [0.717, 1.165) is 19.4 Å². The molecule has 18 heavy (non-hydrogen) atoms. The predicted molar refractivity (Wildman–Crippen MR) is 78.5 cm³/mol. The zero-order chi connectivity index (χ0) is 13.6. The first-order valence-corrected chi connectivity index (χ1v) is 6.84. The molecule has 3 N–H and O–H groups in total. The van der Waals surface area contributed by atoms with Gasteiger partial charge in [-0.15, -0.1) is 0 Å². The van der Waals surface area contributed by atoms with E-state index in [1.165, 1.54) is 12.0 Å². The SMILES string of the molecule is CCCNC(Cc1ccnc(N)c1)CC(C)(C)C. The Morgan fingerprint density at radius 2 is 2.11 bits per heavy atom. The summed E-state index contributed by atoms with van der Waals surface area (Å²) in [5.74, 6) is 0.609. The van der Waals surface area contributed by atoms with E-state index in [-0.39, 0.29) is 0 Å². The fourth-order valence-corrected chi connectivity index (χ4v) is 2.21. The fraction of sp³-hybridized carbons (Fsp3) is 0.667. The number of nitrogens with zero attached hydrogens (tertiary/aromatic N) is 1. The van der Waals surface area contributed by atoms with Gasteiger partial charge in [-0.25, -0.2) is 4.98 Å². The van der Waals surface area contributed by atoms with Crippen LogP contribution in [0.3, 0.4) is 0 Å². The van der Waals surface area contributed by atoms with Crippen LogP contribution in [0.4, 0.5) is 5.82 Å². The van der Waals surface area contributed by atoms with Crippen LogP contribution in [0.5, 0.6) is 0 Å². The predicted octanol–water partition coefficient (Wildman–Crippen LogP) is 3.01. The minimum Gasteiger partial charge on any atom is -0.384 e. The van der Waals surface area contributed by atoms with Crippen molar-refractivity contribution in [3.63, 3.8) is 0 Å². The Labute approximate surface area is 111 Å². The molecular formula is C15H27N3. The first-order chi connectivity index (χ1) is 8.40. The highest BCUT2D eigenvalue weighted by Gasteiger charge is 2.18. The van der Waals surface area contributed by atoms with Gasteiger partial charge in [0.25, 0.3) is 0 Å². The number of aromatic nitrogens is 1. The lowest BCUT2D eigenvalue weighted by atomic mass is 9.86. The monoisotopic (exact) mass is 249 g/mol. The topological polar surface area (TPSA) is 50.9 Å². The highest BCUT2D eigenvalue weighted by molar-refractivity contribution is 5.32. The maximum atomic E-state index is 5.73. The van der Waals surface area contributed by atoms with Crippen molar-refractivity contribution in [1.82, 2.24) is 10.3 Å². The lowest BCUT2D eigenvalue weighted by Gasteiger charge is -2.27. The second-order valence-corrected chi connectivity index (χ2v) is 6.21. The Bertz CT molecular complexity index is 355. The van der Waals surface area contributed by atoms with E-state index < -0.39 is 0 Å². The van der Waals surface area contributed by atoms with Gasteiger partial charge in [-0.2, -0.15) is 0 Å². The summed E-state index contributed by atoms with van der Waals surface area (Å²) in [4.78, 5) is 4.04. The number of anilines is 1. The van der Waals surface area contributed by atoms with Gasteiger partial charge < -0.3 is 11.1 Å². The summed E-state index contributed by atoms with van der Waals surface area (Å²) >= 11 is 0. The van der Waals surface area contributed by atoms with Crippen molar-refractivity contribution < 1.29 is 0 Å². The van der Waals surface area contributed by atoms with Gasteiger partial charge in [0.1, 0.15) is 5.82 Å². The van der Waals surface area contributed by atoms with E-state index in [9.17, 15) is 0 Å². The molecule has 0 radical (unpaired) electrons. The zero-order valence-corrected chi connectivity index (χ0v) is 12.2. The van der Waals surface area contributed by atoms with E-state index in [1.807, 2.05) is 6.07 Å².